The molecule has 0 atom stereocenters. The average molecular weight is 333 g/mol. The van der Waals surface area contributed by atoms with Crippen molar-refractivity contribution in [3.8, 4) is 0 Å². The first-order valence-electron chi connectivity index (χ1n) is 8.42. The first-order chi connectivity index (χ1) is 12.1. The molecule has 0 spiro atoms. The molecule has 2 amide bonds. The molecule has 0 saturated carbocycles. The van der Waals surface area contributed by atoms with Gasteiger partial charge in [0, 0.05) is 23.9 Å². The zero-order chi connectivity index (χ0) is 17.4. The van der Waals surface area contributed by atoms with Gasteiger partial charge in [0.2, 0.25) is 5.91 Å². The molecule has 0 radical (unpaired) electrons. The van der Waals surface area contributed by atoms with Crippen LogP contribution in [0.15, 0.2) is 48.5 Å². The molecule has 2 heterocycles. The summed E-state index contributed by atoms with van der Waals surface area (Å²) >= 11 is 0. The van der Waals surface area contributed by atoms with Crippen molar-refractivity contribution in [1.29, 1.82) is 0 Å². The third-order valence-electron chi connectivity index (χ3n) is 4.54. The van der Waals surface area contributed by atoms with E-state index >= 15 is 0 Å². The number of benzene rings is 2. The number of nitrogens with zero attached hydrogens (tertiary/aromatic N) is 1. The summed E-state index contributed by atoms with van der Waals surface area (Å²) in [6.45, 7) is 2.71. The summed E-state index contributed by atoms with van der Waals surface area (Å²) in [5.41, 5.74) is 3.98. The summed E-state index contributed by atoms with van der Waals surface area (Å²) in [6.07, 6.45) is 1.41. The van der Waals surface area contributed by atoms with E-state index in [9.17, 15) is 9.59 Å². The highest BCUT2D eigenvalue weighted by Crippen LogP contribution is 2.30. The Hall–Kier alpha value is -3.08. The van der Waals surface area contributed by atoms with Gasteiger partial charge in [0.1, 0.15) is 5.69 Å². The lowest BCUT2D eigenvalue weighted by atomic mass is 10.2. The lowest BCUT2D eigenvalue weighted by Gasteiger charge is -2.19. The van der Waals surface area contributed by atoms with Crippen molar-refractivity contribution >= 4 is 34.1 Å². The zero-order valence-corrected chi connectivity index (χ0v) is 14.0. The Labute approximate surface area is 145 Å². The second-order valence-electron chi connectivity index (χ2n) is 6.39. The minimum atomic E-state index is -0.215. The molecule has 5 heteroatoms. The lowest BCUT2D eigenvalue weighted by Crippen LogP contribution is -2.25. The van der Waals surface area contributed by atoms with Gasteiger partial charge in [-0.1, -0.05) is 24.3 Å². The Morgan fingerprint density at radius 2 is 2.00 bits per heavy atom. The van der Waals surface area contributed by atoms with Crippen molar-refractivity contribution in [2.24, 2.45) is 0 Å². The first-order valence-corrected chi connectivity index (χ1v) is 8.42. The van der Waals surface area contributed by atoms with E-state index < -0.39 is 0 Å². The molecule has 1 aliphatic heterocycles. The molecule has 25 heavy (non-hydrogen) atoms. The number of aromatic nitrogens is 1. The molecule has 0 unspecified atom stereocenters. The Morgan fingerprint density at radius 1 is 1.16 bits per heavy atom. The van der Waals surface area contributed by atoms with E-state index in [-0.39, 0.29) is 11.8 Å². The molecule has 0 aliphatic carbocycles. The van der Waals surface area contributed by atoms with Crippen LogP contribution in [0.5, 0.6) is 0 Å². The van der Waals surface area contributed by atoms with Crippen molar-refractivity contribution in [2.75, 3.05) is 16.8 Å². The second-order valence-corrected chi connectivity index (χ2v) is 6.39. The van der Waals surface area contributed by atoms with Crippen molar-refractivity contribution < 1.29 is 9.59 Å². The summed E-state index contributed by atoms with van der Waals surface area (Å²) in [7, 11) is 0. The predicted molar refractivity (Wildman–Crippen MR) is 99.0 cm³/mol. The number of para-hydroxylation sites is 2. The van der Waals surface area contributed by atoms with Gasteiger partial charge < -0.3 is 15.2 Å². The summed E-state index contributed by atoms with van der Waals surface area (Å²) in [6, 6.07) is 15.3. The SMILES string of the molecule is Cc1ccc2cc(C(=O)Nc3ccccc3N3CCCC3=O)[nH]c2c1. The molecular weight excluding hydrogens is 314 g/mol. The van der Waals surface area contributed by atoms with Gasteiger partial charge in [-0.2, -0.15) is 0 Å². The molecule has 1 saturated heterocycles. The van der Waals surface area contributed by atoms with Crippen LogP contribution in [0, 0.1) is 6.92 Å². The van der Waals surface area contributed by atoms with E-state index in [4.69, 9.17) is 0 Å². The maximum Gasteiger partial charge on any atom is 0.272 e. The number of H-pyrrole nitrogens is 1. The molecule has 3 aromatic rings. The Kier molecular flexibility index (Phi) is 3.76. The smallest absolute Gasteiger partial charge is 0.272 e. The van der Waals surface area contributed by atoms with Crippen molar-refractivity contribution in [2.45, 2.75) is 19.8 Å². The summed E-state index contributed by atoms with van der Waals surface area (Å²) in [5.74, 6) is -0.115. The normalized spacial score (nSPS) is 14.3. The molecule has 126 valence electrons. The van der Waals surface area contributed by atoms with E-state index in [0.29, 0.717) is 24.3 Å². The highest BCUT2D eigenvalue weighted by Gasteiger charge is 2.24. The number of hydrogen-bond donors (Lipinski definition) is 2. The number of amides is 2. The van der Waals surface area contributed by atoms with Gasteiger partial charge in [0.25, 0.3) is 5.91 Å². The fraction of sp³-hybridized carbons (Fsp3) is 0.200. The van der Waals surface area contributed by atoms with Gasteiger partial charge in [-0.05, 0) is 43.2 Å². The Balaban J connectivity index is 1.63. The van der Waals surface area contributed by atoms with E-state index in [1.165, 1.54) is 0 Å². The van der Waals surface area contributed by atoms with Gasteiger partial charge in [0.05, 0.1) is 11.4 Å². The molecule has 5 nitrogen and oxygen atoms in total. The number of nitrogens with one attached hydrogen (secondary N) is 2. The van der Waals surface area contributed by atoms with E-state index in [1.54, 1.807) is 4.90 Å². The zero-order valence-electron chi connectivity index (χ0n) is 14.0. The van der Waals surface area contributed by atoms with E-state index in [1.807, 2.05) is 55.5 Å². The number of aromatic amines is 1. The maximum atomic E-state index is 12.7. The van der Waals surface area contributed by atoms with Crippen LogP contribution in [0.25, 0.3) is 10.9 Å². The standard InChI is InChI=1S/C20H19N3O2/c1-13-8-9-14-12-17(21-16(14)11-13)20(25)22-15-5-2-3-6-18(15)23-10-4-7-19(23)24/h2-3,5-6,8-9,11-12,21H,4,7,10H2,1H3,(H,22,25). The largest absolute Gasteiger partial charge is 0.351 e. The monoisotopic (exact) mass is 333 g/mol. The van der Waals surface area contributed by atoms with Gasteiger partial charge in [0.15, 0.2) is 0 Å². The molecule has 4 rings (SSSR count). The highest BCUT2D eigenvalue weighted by atomic mass is 16.2. The topological polar surface area (TPSA) is 65.2 Å². The Bertz CT molecular complexity index is 974. The fourth-order valence-electron chi connectivity index (χ4n) is 3.27. The average Bonchev–Trinajstić information content (AvgIpc) is 3.21. The van der Waals surface area contributed by atoms with Crippen LogP contribution in [0.3, 0.4) is 0 Å². The van der Waals surface area contributed by atoms with Crippen molar-refractivity contribution in [3.63, 3.8) is 0 Å². The lowest BCUT2D eigenvalue weighted by molar-refractivity contribution is -0.117. The molecular formula is C20H19N3O2. The number of fused-ring (bicyclic) bond motifs is 1. The summed E-state index contributed by atoms with van der Waals surface area (Å²) in [4.78, 5) is 29.6. The van der Waals surface area contributed by atoms with Gasteiger partial charge >= 0.3 is 0 Å². The molecule has 0 bridgehead atoms. The second kappa shape index (κ2) is 6.09. The molecule has 1 aromatic heterocycles. The van der Waals surface area contributed by atoms with E-state index in [2.05, 4.69) is 10.3 Å². The first kappa shape index (κ1) is 15.4. The molecule has 1 fully saturated rings. The number of anilines is 2. The van der Waals surface area contributed by atoms with Crippen LogP contribution in [0.4, 0.5) is 11.4 Å². The van der Waals surface area contributed by atoms with Crippen LogP contribution in [-0.4, -0.2) is 23.3 Å². The maximum absolute atomic E-state index is 12.7. The van der Waals surface area contributed by atoms with Crippen molar-refractivity contribution in [3.05, 3.63) is 59.8 Å². The quantitative estimate of drug-likeness (QED) is 0.764. The van der Waals surface area contributed by atoms with Crippen LogP contribution in [0.2, 0.25) is 0 Å². The third kappa shape index (κ3) is 2.89. The number of hydrogen-bond acceptors (Lipinski definition) is 2. The molecule has 1 aliphatic rings. The Morgan fingerprint density at radius 3 is 2.80 bits per heavy atom. The van der Waals surface area contributed by atoms with Crippen LogP contribution >= 0.6 is 0 Å². The minimum Gasteiger partial charge on any atom is -0.351 e. The summed E-state index contributed by atoms with van der Waals surface area (Å²) in [5, 5.41) is 3.93. The van der Waals surface area contributed by atoms with Crippen molar-refractivity contribution in [1.82, 2.24) is 4.98 Å². The van der Waals surface area contributed by atoms with Crippen LogP contribution < -0.4 is 10.2 Å². The van der Waals surface area contributed by atoms with E-state index in [0.717, 1.165) is 28.6 Å². The van der Waals surface area contributed by atoms with Gasteiger partial charge in [-0.3, -0.25) is 9.59 Å². The number of rotatable bonds is 3. The minimum absolute atomic E-state index is 0.0998. The number of aryl methyl sites for hydroxylation is 1. The summed E-state index contributed by atoms with van der Waals surface area (Å²) < 4.78 is 0. The highest BCUT2D eigenvalue weighted by molar-refractivity contribution is 6.09. The molecule has 2 N–H and O–H groups in total. The number of carbonyl (C=O) groups is 2. The number of carbonyl (C=O) groups excluding carboxylic acids is 2. The van der Waals surface area contributed by atoms with Gasteiger partial charge in [-0.15, -0.1) is 0 Å². The van der Waals surface area contributed by atoms with Crippen LogP contribution in [-0.2, 0) is 4.79 Å². The van der Waals surface area contributed by atoms with Gasteiger partial charge in [-0.25, -0.2) is 0 Å². The molecule has 2 aromatic carbocycles. The fourth-order valence-corrected chi connectivity index (χ4v) is 3.27. The van der Waals surface area contributed by atoms with Crippen LogP contribution in [0.1, 0.15) is 28.9 Å². The predicted octanol–water partition coefficient (Wildman–Crippen LogP) is 3.86. The third-order valence-corrected chi connectivity index (χ3v) is 4.54.